The first-order chi connectivity index (χ1) is 14.7. The van der Waals surface area contributed by atoms with E-state index >= 15 is 0 Å². The summed E-state index contributed by atoms with van der Waals surface area (Å²) in [4.78, 5) is 24.1. The highest BCUT2D eigenvalue weighted by molar-refractivity contribution is 7.92. The number of para-hydroxylation sites is 1. The molecule has 0 aliphatic heterocycles. The highest BCUT2D eigenvalue weighted by Gasteiger charge is 2.24. The number of anilines is 2. The Hall–Kier alpha value is -3.72. The number of ether oxygens (including phenoxy) is 1. The predicted octanol–water partition coefficient (Wildman–Crippen LogP) is 3.69. The molecule has 7 nitrogen and oxygen atoms in total. The van der Waals surface area contributed by atoms with Gasteiger partial charge in [-0.3, -0.25) is 9.10 Å². The molecule has 0 unspecified atom stereocenters. The van der Waals surface area contributed by atoms with E-state index in [9.17, 15) is 22.4 Å². The number of nitrogens with one attached hydrogen (secondary N) is 1. The topological polar surface area (TPSA) is 92.8 Å². The van der Waals surface area contributed by atoms with Gasteiger partial charge in [0.25, 0.3) is 15.9 Å². The number of benzene rings is 3. The summed E-state index contributed by atoms with van der Waals surface area (Å²) in [5.74, 6) is -1.82. The quantitative estimate of drug-likeness (QED) is 0.588. The van der Waals surface area contributed by atoms with E-state index in [0.717, 1.165) is 10.4 Å². The molecule has 0 bridgehead atoms. The van der Waals surface area contributed by atoms with Gasteiger partial charge in [-0.25, -0.2) is 17.6 Å². The Morgan fingerprint density at radius 2 is 1.61 bits per heavy atom. The largest absolute Gasteiger partial charge is 0.465 e. The zero-order valence-corrected chi connectivity index (χ0v) is 17.5. The van der Waals surface area contributed by atoms with Gasteiger partial charge in [0.1, 0.15) is 5.82 Å². The fourth-order valence-corrected chi connectivity index (χ4v) is 4.09. The second kappa shape index (κ2) is 8.97. The third-order valence-corrected chi connectivity index (χ3v) is 6.26. The van der Waals surface area contributed by atoms with Gasteiger partial charge in [-0.05, 0) is 48.5 Å². The van der Waals surface area contributed by atoms with E-state index in [4.69, 9.17) is 0 Å². The Morgan fingerprint density at radius 3 is 2.32 bits per heavy atom. The SMILES string of the molecule is COC(=O)c1cccc(NC(=O)c2cccc(S(=O)(=O)N(C)c3ccccc3F)c2)c1. The molecule has 0 atom stereocenters. The van der Waals surface area contributed by atoms with Crippen molar-refractivity contribution in [2.75, 3.05) is 23.8 Å². The summed E-state index contributed by atoms with van der Waals surface area (Å²) in [7, 11) is -1.63. The van der Waals surface area contributed by atoms with E-state index in [1.165, 1.54) is 68.8 Å². The van der Waals surface area contributed by atoms with Gasteiger partial charge >= 0.3 is 5.97 Å². The number of esters is 1. The second-order valence-corrected chi connectivity index (χ2v) is 8.45. The Labute approximate surface area is 179 Å². The van der Waals surface area contributed by atoms with Crippen molar-refractivity contribution in [1.82, 2.24) is 0 Å². The number of carbonyl (C=O) groups excluding carboxylic acids is 2. The highest BCUT2D eigenvalue weighted by Crippen LogP contribution is 2.25. The third-order valence-electron chi connectivity index (χ3n) is 4.49. The molecule has 3 rings (SSSR count). The van der Waals surface area contributed by atoms with Crippen molar-refractivity contribution >= 4 is 33.3 Å². The summed E-state index contributed by atoms with van der Waals surface area (Å²) >= 11 is 0. The summed E-state index contributed by atoms with van der Waals surface area (Å²) < 4.78 is 45.4. The lowest BCUT2D eigenvalue weighted by atomic mass is 10.1. The number of hydrogen-bond donors (Lipinski definition) is 1. The molecule has 0 saturated carbocycles. The fraction of sp³-hybridized carbons (Fsp3) is 0.0909. The van der Waals surface area contributed by atoms with Crippen molar-refractivity contribution in [2.45, 2.75) is 4.90 Å². The van der Waals surface area contributed by atoms with E-state index in [1.54, 1.807) is 12.1 Å². The van der Waals surface area contributed by atoms with Gasteiger partial charge in [-0.15, -0.1) is 0 Å². The number of methoxy groups -OCH3 is 1. The number of halogens is 1. The summed E-state index contributed by atoms with van der Waals surface area (Å²) in [6, 6.07) is 17.0. The minimum Gasteiger partial charge on any atom is -0.465 e. The van der Waals surface area contributed by atoms with E-state index in [-0.39, 0.29) is 21.7 Å². The molecule has 0 spiro atoms. The Bertz CT molecular complexity index is 1240. The smallest absolute Gasteiger partial charge is 0.337 e. The van der Waals surface area contributed by atoms with Gasteiger partial charge in [-0.1, -0.05) is 24.3 Å². The number of rotatable bonds is 6. The lowest BCUT2D eigenvalue weighted by molar-refractivity contribution is 0.0600. The van der Waals surface area contributed by atoms with Crippen LogP contribution in [0.25, 0.3) is 0 Å². The lowest BCUT2D eigenvalue weighted by Crippen LogP contribution is -2.27. The molecule has 0 radical (unpaired) electrons. The number of sulfonamides is 1. The van der Waals surface area contributed by atoms with Crippen LogP contribution < -0.4 is 9.62 Å². The zero-order chi connectivity index (χ0) is 22.6. The van der Waals surface area contributed by atoms with Gasteiger partial charge in [0.05, 0.1) is 23.3 Å². The maximum atomic E-state index is 14.0. The summed E-state index contributed by atoms with van der Waals surface area (Å²) in [5.41, 5.74) is 0.552. The van der Waals surface area contributed by atoms with Gasteiger partial charge < -0.3 is 10.1 Å². The zero-order valence-electron chi connectivity index (χ0n) is 16.7. The van der Waals surface area contributed by atoms with Crippen LogP contribution in [0.4, 0.5) is 15.8 Å². The standard InChI is InChI=1S/C22H19FN2O5S/c1-25(20-12-4-3-11-19(20)23)31(28,29)18-10-6-7-15(14-18)21(26)24-17-9-5-8-16(13-17)22(27)30-2/h3-14H,1-2H3,(H,24,26). The molecule has 0 aliphatic rings. The molecular weight excluding hydrogens is 423 g/mol. The summed E-state index contributed by atoms with van der Waals surface area (Å²) in [6.07, 6.45) is 0. The van der Waals surface area contributed by atoms with Gasteiger partial charge in [0, 0.05) is 18.3 Å². The van der Waals surface area contributed by atoms with Crippen molar-refractivity contribution < 1.29 is 27.1 Å². The minimum absolute atomic E-state index is 0.0754. The molecule has 0 aliphatic carbocycles. The molecule has 1 N–H and O–H groups in total. The number of carbonyl (C=O) groups is 2. The predicted molar refractivity (Wildman–Crippen MR) is 114 cm³/mol. The number of amides is 1. The van der Waals surface area contributed by atoms with Crippen molar-refractivity contribution in [3.8, 4) is 0 Å². The van der Waals surface area contributed by atoms with E-state index in [0.29, 0.717) is 5.69 Å². The second-order valence-electron chi connectivity index (χ2n) is 6.48. The number of hydrogen-bond acceptors (Lipinski definition) is 5. The molecule has 0 aromatic heterocycles. The summed E-state index contributed by atoms with van der Waals surface area (Å²) in [6.45, 7) is 0. The lowest BCUT2D eigenvalue weighted by Gasteiger charge is -2.20. The normalized spacial score (nSPS) is 10.9. The molecule has 160 valence electrons. The van der Waals surface area contributed by atoms with Crippen LogP contribution in [-0.4, -0.2) is 34.5 Å². The van der Waals surface area contributed by atoms with Crippen LogP contribution in [0.2, 0.25) is 0 Å². The molecule has 3 aromatic carbocycles. The maximum Gasteiger partial charge on any atom is 0.337 e. The van der Waals surface area contributed by atoms with Crippen LogP contribution in [0, 0.1) is 5.82 Å². The molecular formula is C22H19FN2O5S. The van der Waals surface area contributed by atoms with E-state index in [1.807, 2.05) is 0 Å². The van der Waals surface area contributed by atoms with Crippen molar-refractivity contribution in [1.29, 1.82) is 0 Å². The van der Waals surface area contributed by atoms with Crippen LogP contribution in [-0.2, 0) is 14.8 Å². The van der Waals surface area contributed by atoms with Gasteiger partial charge in [-0.2, -0.15) is 0 Å². The fourth-order valence-electron chi connectivity index (χ4n) is 2.84. The molecule has 31 heavy (non-hydrogen) atoms. The van der Waals surface area contributed by atoms with Crippen molar-refractivity contribution in [2.24, 2.45) is 0 Å². The van der Waals surface area contributed by atoms with Gasteiger partial charge in [0.15, 0.2) is 0 Å². The molecule has 0 saturated heterocycles. The van der Waals surface area contributed by atoms with Gasteiger partial charge in [0.2, 0.25) is 0 Å². The number of nitrogens with zero attached hydrogens (tertiary/aromatic N) is 1. The van der Waals surface area contributed by atoms with E-state index in [2.05, 4.69) is 10.1 Å². The highest BCUT2D eigenvalue weighted by atomic mass is 32.2. The third kappa shape index (κ3) is 4.72. The van der Waals surface area contributed by atoms with Crippen LogP contribution in [0.1, 0.15) is 20.7 Å². The summed E-state index contributed by atoms with van der Waals surface area (Å²) in [5, 5.41) is 2.61. The Balaban J connectivity index is 1.87. The van der Waals surface area contributed by atoms with Crippen molar-refractivity contribution in [3.63, 3.8) is 0 Å². The first kappa shape index (κ1) is 22.0. The van der Waals surface area contributed by atoms with Crippen LogP contribution in [0.3, 0.4) is 0 Å². The molecule has 0 heterocycles. The molecule has 0 fully saturated rings. The van der Waals surface area contributed by atoms with Crippen LogP contribution in [0.5, 0.6) is 0 Å². The maximum absolute atomic E-state index is 14.0. The molecule has 1 amide bonds. The monoisotopic (exact) mass is 442 g/mol. The average Bonchev–Trinajstić information content (AvgIpc) is 2.78. The minimum atomic E-state index is -4.11. The first-order valence-electron chi connectivity index (χ1n) is 9.07. The Kier molecular flexibility index (Phi) is 6.36. The van der Waals surface area contributed by atoms with E-state index < -0.39 is 27.7 Å². The van der Waals surface area contributed by atoms with Crippen LogP contribution in [0.15, 0.2) is 77.7 Å². The average molecular weight is 442 g/mol. The molecule has 9 heteroatoms. The molecule has 3 aromatic rings. The first-order valence-corrected chi connectivity index (χ1v) is 10.5. The van der Waals surface area contributed by atoms with Crippen LogP contribution >= 0.6 is 0 Å². The Morgan fingerprint density at radius 1 is 0.935 bits per heavy atom. The van der Waals surface area contributed by atoms with Crippen molar-refractivity contribution in [3.05, 3.63) is 89.7 Å².